The Hall–Kier alpha value is -0.570. The van der Waals surface area contributed by atoms with Crippen LogP contribution in [-0.4, -0.2) is 19.0 Å². The molecule has 0 unspecified atom stereocenters. The number of carbonyl (C=O) groups is 1. The van der Waals surface area contributed by atoms with Gasteiger partial charge >= 0.3 is 0 Å². The third-order valence-electron chi connectivity index (χ3n) is 2.79. The second kappa shape index (κ2) is 12.5. The molecule has 0 aromatic heterocycles. The molecule has 1 amide bonds. The van der Waals surface area contributed by atoms with Crippen molar-refractivity contribution in [3.63, 3.8) is 0 Å². The summed E-state index contributed by atoms with van der Waals surface area (Å²) in [5.74, 6) is -0.0421. The van der Waals surface area contributed by atoms with Gasteiger partial charge in [-0.1, -0.05) is 58.3 Å². The Morgan fingerprint density at radius 3 is 1.94 bits per heavy atom. The molecule has 0 radical (unpaired) electrons. The van der Waals surface area contributed by atoms with E-state index < -0.39 is 0 Å². The summed E-state index contributed by atoms with van der Waals surface area (Å²) in [6, 6.07) is 0. The maximum absolute atomic E-state index is 10.8. The first kappa shape index (κ1) is 15.4. The Bertz CT molecular complexity index is 160. The molecule has 0 fully saturated rings. The Kier molecular flexibility index (Phi) is 12.1. The van der Waals surface area contributed by atoms with Gasteiger partial charge in [0.15, 0.2) is 0 Å². The molecular weight excluding hydrogens is 200 g/mol. The highest BCUT2D eigenvalue weighted by molar-refractivity contribution is 5.77. The Morgan fingerprint density at radius 2 is 1.44 bits per heavy atom. The van der Waals surface area contributed by atoms with E-state index in [1.54, 1.807) is 0 Å². The van der Waals surface area contributed by atoms with Crippen LogP contribution >= 0.6 is 0 Å². The lowest BCUT2D eigenvalue weighted by Gasteiger charge is -2.03. The predicted octanol–water partition coefficient (Wildman–Crippen LogP) is 2.59. The molecular formula is C13H28N2O. The molecule has 3 heteroatoms. The van der Waals surface area contributed by atoms with Crippen LogP contribution in [0.25, 0.3) is 0 Å². The molecule has 0 rings (SSSR count). The number of nitrogens with one attached hydrogen (secondary N) is 1. The van der Waals surface area contributed by atoms with E-state index in [0.717, 1.165) is 13.0 Å². The number of hydrogen-bond donors (Lipinski definition) is 2. The highest BCUT2D eigenvalue weighted by atomic mass is 16.1. The minimum Gasteiger partial charge on any atom is -0.355 e. The largest absolute Gasteiger partial charge is 0.355 e. The number of rotatable bonds is 11. The van der Waals surface area contributed by atoms with Crippen molar-refractivity contribution in [1.29, 1.82) is 0 Å². The average Bonchev–Trinajstić information content (AvgIpc) is 2.31. The van der Waals surface area contributed by atoms with E-state index in [9.17, 15) is 4.79 Å². The summed E-state index contributed by atoms with van der Waals surface area (Å²) < 4.78 is 0. The lowest BCUT2D eigenvalue weighted by Crippen LogP contribution is -2.30. The monoisotopic (exact) mass is 228 g/mol. The van der Waals surface area contributed by atoms with Gasteiger partial charge in [0.25, 0.3) is 0 Å². The van der Waals surface area contributed by atoms with Crippen LogP contribution in [0.1, 0.15) is 64.7 Å². The molecule has 3 N–H and O–H groups in total. The highest BCUT2D eigenvalue weighted by Gasteiger charge is 1.95. The molecule has 0 heterocycles. The van der Waals surface area contributed by atoms with Crippen molar-refractivity contribution < 1.29 is 4.79 Å². The maximum Gasteiger partial charge on any atom is 0.233 e. The molecule has 0 saturated heterocycles. The van der Waals surface area contributed by atoms with Gasteiger partial charge in [-0.25, -0.2) is 0 Å². The standard InChI is InChI=1S/C13H28N2O/c1-2-3-4-5-6-7-8-9-10-11-15-13(16)12-14/h2-12,14H2,1H3,(H,15,16). The first-order chi connectivity index (χ1) is 7.81. The second-order valence-corrected chi connectivity index (χ2v) is 4.38. The number of hydrogen-bond acceptors (Lipinski definition) is 2. The summed E-state index contributed by atoms with van der Waals surface area (Å²) in [5, 5.41) is 2.79. The molecule has 96 valence electrons. The smallest absolute Gasteiger partial charge is 0.233 e. The first-order valence-corrected chi connectivity index (χ1v) is 6.78. The van der Waals surface area contributed by atoms with Crippen molar-refractivity contribution >= 4 is 5.91 Å². The number of unbranched alkanes of at least 4 members (excludes halogenated alkanes) is 8. The van der Waals surface area contributed by atoms with Crippen molar-refractivity contribution in [3.8, 4) is 0 Å². The van der Waals surface area contributed by atoms with E-state index >= 15 is 0 Å². The Morgan fingerprint density at radius 1 is 0.938 bits per heavy atom. The second-order valence-electron chi connectivity index (χ2n) is 4.38. The van der Waals surface area contributed by atoms with Gasteiger partial charge in [0, 0.05) is 6.54 Å². The normalized spacial score (nSPS) is 10.4. The third-order valence-corrected chi connectivity index (χ3v) is 2.79. The maximum atomic E-state index is 10.8. The molecule has 3 nitrogen and oxygen atoms in total. The number of nitrogens with two attached hydrogens (primary N) is 1. The zero-order valence-electron chi connectivity index (χ0n) is 10.8. The molecule has 0 spiro atoms. The van der Waals surface area contributed by atoms with Gasteiger partial charge in [-0.15, -0.1) is 0 Å². The lowest BCUT2D eigenvalue weighted by atomic mass is 10.1. The van der Waals surface area contributed by atoms with E-state index in [2.05, 4.69) is 12.2 Å². The van der Waals surface area contributed by atoms with E-state index in [1.807, 2.05) is 0 Å². The van der Waals surface area contributed by atoms with Gasteiger partial charge in [-0.05, 0) is 6.42 Å². The molecule has 16 heavy (non-hydrogen) atoms. The van der Waals surface area contributed by atoms with Crippen LogP contribution in [0, 0.1) is 0 Å². The van der Waals surface area contributed by atoms with Gasteiger partial charge in [-0.2, -0.15) is 0 Å². The summed E-state index contributed by atoms with van der Waals surface area (Å²) in [4.78, 5) is 10.8. The van der Waals surface area contributed by atoms with Crippen molar-refractivity contribution in [2.45, 2.75) is 64.7 Å². The first-order valence-electron chi connectivity index (χ1n) is 6.78. The fraction of sp³-hybridized carbons (Fsp3) is 0.923. The molecule has 0 aliphatic carbocycles. The van der Waals surface area contributed by atoms with Crippen LogP contribution in [0.3, 0.4) is 0 Å². The van der Waals surface area contributed by atoms with Crippen LogP contribution in [-0.2, 0) is 4.79 Å². The SMILES string of the molecule is CCCCCCCCCCCNC(=O)CN. The zero-order valence-corrected chi connectivity index (χ0v) is 10.8. The van der Waals surface area contributed by atoms with Crippen LogP contribution in [0.5, 0.6) is 0 Å². The molecule has 0 atom stereocenters. The van der Waals surface area contributed by atoms with Crippen LogP contribution < -0.4 is 11.1 Å². The topological polar surface area (TPSA) is 55.1 Å². The zero-order chi connectivity index (χ0) is 12.1. The van der Waals surface area contributed by atoms with Gasteiger partial charge in [0.2, 0.25) is 5.91 Å². The molecule has 0 aliphatic heterocycles. The van der Waals surface area contributed by atoms with E-state index in [1.165, 1.54) is 51.4 Å². The molecule has 0 aromatic carbocycles. The fourth-order valence-electron chi connectivity index (χ4n) is 1.74. The van der Waals surface area contributed by atoms with Gasteiger partial charge in [0.1, 0.15) is 0 Å². The van der Waals surface area contributed by atoms with Gasteiger partial charge in [0.05, 0.1) is 6.54 Å². The lowest BCUT2D eigenvalue weighted by molar-refractivity contribution is -0.119. The van der Waals surface area contributed by atoms with Crippen molar-refractivity contribution in [1.82, 2.24) is 5.32 Å². The minimum atomic E-state index is -0.0421. The summed E-state index contributed by atoms with van der Waals surface area (Å²) in [6.45, 7) is 3.14. The summed E-state index contributed by atoms with van der Waals surface area (Å²) in [6.07, 6.45) is 11.8. The number of amides is 1. The Labute approximate surface area is 100 Å². The van der Waals surface area contributed by atoms with Crippen LogP contribution in [0.4, 0.5) is 0 Å². The molecule has 0 aromatic rings. The van der Waals surface area contributed by atoms with Gasteiger partial charge < -0.3 is 11.1 Å². The van der Waals surface area contributed by atoms with E-state index in [-0.39, 0.29) is 12.5 Å². The predicted molar refractivity (Wildman–Crippen MR) is 69.3 cm³/mol. The summed E-state index contributed by atoms with van der Waals surface area (Å²) >= 11 is 0. The van der Waals surface area contributed by atoms with Crippen LogP contribution in [0.15, 0.2) is 0 Å². The van der Waals surface area contributed by atoms with Crippen molar-refractivity contribution in [2.24, 2.45) is 5.73 Å². The molecule has 0 bridgehead atoms. The fourth-order valence-corrected chi connectivity index (χ4v) is 1.74. The molecule has 0 saturated carbocycles. The Balaban J connectivity index is 2.96. The third kappa shape index (κ3) is 11.5. The highest BCUT2D eigenvalue weighted by Crippen LogP contribution is 2.08. The minimum absolute atomic E-state index is 0.0421. The van der Waals surface area contributed by atoms with E-state index in [0.29, 0.717) is 0 Å². The van der Waals surface area contributed by atoms with Gasteiger partial charge in [-0.3, -0.25) is 4.79 Å². The van der Waals surface area contributed by atoms with Crippen LogP contribution in [0.2, 0.25) is 0 Å². The summed E-state index contributed by atoms with van der Waals surface area (Å²) in [5.41, 5.74) is 5.18. The van der Waals surface area contributed by atoms with Crippen molar-refractivity contribution in [3.05, 3.63) is 0 Å². The quantitative estimate of drug-likeness (QED) is 0.534. The number of carbonyl (C=O) groups excluding carboxylic acids is 1. The van der Waals surface area contributed by atoms with E-state index in [4.69, 9.17) is 5.73 Å². The summed E-state index contributed by atoms with van der Waals surface area (Å²) in [7, 11) is 0. The average molecular weight is 228 g/mol. The molecule has 0 aliphatic rings. The van der Waals surface area contributed by atoms with Crippen molar-refractivity contribution in [2.75, 3.05) is 13.1 Å².